The topological polar surface area (TPSA) is 13.1 Å². The highest BCUT2D eigenvalue weighted by atomic mass is 19.4. The van der Waals surface area contributed by atoms with Crippen LogP contribution in [0.4, 0.5) is 105 Å². The molecule has 0 unspecified atom stereocenters. The highest BCUT2D eigenvalue weighted by molar-refractivity contribution is 7.20. The smallest absolute Gasteiger partial charge is 0.231 e. The predicted molar refractivity (Wildman–Crippen MR) is 209 cm³/mol. The Morgan fingerprint density at radius 3 is 0.778 bits per heavy atom. The second-order valence-corrected chi connectivity index (χ2v) is 15.7. The molecule has 0 fully saturated rings. The Morgan fingerprint density at radius 2 is 0.556 bits per heavy atom. The maximum absolute atomic E-state index is 14.2. The number of hydrogen-bond acceptors (Lipinski definition) is 1. The van der Waals surface area contributed by atoms with Gasteiger partial charge >= 0.3 is 49.4 Å². The van der Waals surface area contributed by atoms with Crippen LogP contribution in [0.3, 0.4) is 0 Å². The summed E-state index contributed by atoms with van der Waals surface area (Å²) in [6.07, 6.45) is -51.1. The van der Waals surface area contributed by atoms with Crippen LogP contribution in [0.5, 0.6) is 5.75 Å². The summed E-state index contributed by atoms with van der Waals surface area (Å²) in [5.74, 6) is 0.895. The van der Waals surface area contributed by atoms with Crippen molar-refractivity contribution in [2.45, 2.75) is 63.3 Å². The van der Waals surface area contributed by atoms with Crippen LogP contribution in [0, 0.1) is 13.8 Å². The maximum atomic E-state index is 14.2. The van der Waals surface area contributed by atoms with Gasteiger partial charge in [0.2, 0.25) is 18.1 Å². The van der Waals surface area contributed by atoms with Crippen molar-refractivity contribution in [3.05, 3.63) is 177 Å². The van der Waals surface area contributed by atoms with E-state index in [1.807, 2.05) is 42.7 Å². The third-order valence-electron chi connectivity index (χ3n) is 10.9. The largest absolute Gasteiger partial charge is 0.416 e. The van der Waals surface area contributed by atoms with E-state index in [1.165, 1.54) is 11.1 Å². The molecular weight excluding hydrogens is 1040 g/mol. The number of halogens is 24. The number of benzene rings is 5. The Bertz CT molecular complexity index is 2470. The summed E-state index contributed by atoms with van der Waals surface area (Å²) in [5, 5.41) is 0. The van der Waals surface area contributed by atoms with E-state index in [-0.39, 0.29) is 0 Å². The van der Waals surface area contributed by atoms with Gasteiger partial charge in [-0.25, -0.2) is 4.84 Å². The fourth-order valence-electron chi connectivity index (χ4n) is 7.45. The molecule has 1 heterocycles. The van der Waals surface area contributed by atoms with Crippen LogP contribution in [0.1, 0.15) is 55.6 Å². The molecule has 0 saturated carbocycles. The molecule has 0 aliphatic rings. The van der Waals surface area contributed by atoms with Crippen molar-refractivity contribution in [2.24, 2.45) is 0 Å². The van der Waals surface area contributed by atoms with E-state index in [4.69, 9.17) is 4.84 Å². The molecule has 388 valence electrons. The number of alkyl halides is 24. The van der Waals surface area contributed by atoms with E-state index < -0.39 is 195 Å². The van der Waals surface area contributed by atoms with Gasteiger partial charge in [0, 0.05) is 22.4 Å². The minimum absolute atomic E-state index is 0.691. The minimum atomic E-state index is -6.13. The molecule has 2 nitrogen and oxygen atoms in total. The molecule has 1 aromatic heterocycles. The molecule has 0 aliphatic heterocycles. The van der Waals surface area contributed by atoms with Gasteiger partial charge in [0.15, 0.2) is 0 Å². The summed E-state index contributed by atoms with van der Waals surface area (Å²) < 4.78 is 343. The first-order valence-electron chi connectivity index (χ1n) is 19.6. The number of nitrogens with zero attached hydrogens (tertiary/aromatic N) is 1. The highest BCUT2D eigenvalue weighted by Crippen LogP contribution is 2.41. The van der Waals surface area contributed by atoms with E-state index in [1.54, 1.807) is 4.73 Å². The molecule has 0 radical (unpaired) electrons. The van der Waals surface area contributed by atoms with Gasteiger partial charge in [0.05, 0.1) is 44.5 Å². The second-order valence-electron chi connectivity index (χ2n) is 15.7. The van der Waals surface area contributed by atoms with E-state index in [0.29, 0.717) is 0 Å². The fraction of sp³-hybridized carbons (Fsp3) is 0.222. The van der Waals surface area contributed by atoms with Gasteiger partial charge in [-0.3, -0.25) is 0 Å². The van der Waals surface area contributed by atoms with Crippen molar-refractivity contribution in [3.63, 3.8) is 0 Å². The van der Waals surface area contributed by atoms with E-state index >= 15 is 0 Å². The molecule has 0 bridgehead atoms. The molecule has 0 saturated heterocycles. The number of aromatic nitrogens is 1. The third kappa shape index (κ3) is 12.7. The SMILES string of the molecule is Cc1cccc(O[n+]2ccccc2)c1C.FC(F)(F)c1cc([B-](c2cc(C(F)(F)F)cc(C(F)(F)F)c2)(c2cc(C(F)(F)F)cc(C(F)(F)F)c2)c2cc(C(F)(F)F)cc(C(F)(F)F)c2)cc(C(F)(F)F)c1. The standard InChI is InChI=1S/C32H12BF24.C13H14NO/c34-25(35,36)13-1-14(26(37,38)39)6-21(5-13)33(22-7-15(27(40,41)42)2-16(8-22)28(43,44)45,23-9-17(29(46,47)48)3-18(10-23)30(49,50)51)24-11-19(31(52,53)54)4-20(12-24)32(55,56)57;1-11-7-6-8-13(12(11)2)15-14-9-4-3-5-10-14/h1-12H;3-10H,1-2H3/q-1;+1. The number of rotatable bonds is 6. The summed E-state index contributed by atoms with van der Waals surface area (Å²) in [6, 6.07) is 3.08. The van der Waals surface area contributed by atoms with Crippen LogP contribution < -0.4 is 31.4 Å². The zero-order chi connectivity index (χ0) is 54.6. The fourth-order valence-corrected chi connectivity index (χ4v) is 7.45. The lowest BCUT2D eigenvalue weighted by Crippen LogP contribution is -2.75. The molecule has 72 heavy (non-hydrogen) atoms. The average molecular weight is 1060 g/mol. The van der Waals surface area contributed by atoms with Crippen molar-refractivity contribution < 1.29 is 115 Å². The van der Waals surface area contributed by atoms with Crippen molar-refractivity contribution in [3.8, 4) is 5.75 Å². The van der Waals surface area contributed by atoms with Gasteiger partial charge in [-0.2, -0.15) is 127 Å². The van der Waals surface area contributed by atoms with Crippen LogP contribution >= 0.6 is 0 Å². The average Bonchev–Trinajstić information content (AvgIpc) is 3.23. The first-order chi connectivity index (χ1) is 32.5. The molecule has 0 amide bonds. The first-order valence-corrected chi connectivity index (χ1v) is 19.6. The Morgan fingerprint density at radius 1 is 0.319 bits per heavy atom. The zero-order valence-corrected chi connectivity index (χ0v) is 35.6. The van der Waals surface area contributed by atoms with Crippen LogP contribution in [0.2, 0.25) is 0 Å². The van der Waals surface area contributed by atoms with Crippen molar-refractivity contribution >= 4 is 28.0 Å². The van der Waals surface area contributed by atoms with E-state index in [0.717, 1.165) is 5.75 Å². The lowest BCUT2D eigenvalue weighted by molar-refractivity contribution is -0.875. The second kappa shape index (κ2) is 19.1. The Kier molecular flexibility index (Phi) is 15.0. The normalized spacial score (nSPS) is 13.4. The summed E-state index contributed by atoms with van der Waals surface area (Å²) in [6.45, 7) is 4.14. The quantitative estimate of drug-likeness (QED) is 0.0920. The van der Waals surface area contributed by atoms with Gasteiger partial charge < -0.3 is 0 Å². The molecular formula is C45H26BF24NO. The molecule has 0 N–H and O–H groups in total. The minimum Gasteiger partial charge on any atom is -0.231 e. The number of hydrogen-bond donors (Lipinski definition) is 0. The highest BCUT2D eigenvalue weighted by Gasteiger charge is 2.47. The van der Waals surface area contributed by atoms with Gasteiger partial charge in [-0.15, -0.1) is 0 Å². The molecule has 0 aliphatic carbocycles. The summed E-state index contributed by atoms with van der Waals surface area (Å²) in [7, 11) is 0. The van der Waals surface area contributed by atoms with Gasteiger partial charge in [-0.1, -0.05) is 66.7 Å². The Hall–Kier alpha value is -6.57. The van der Waals surface area contributed by atoms with Crippen LogP contribution in [-0.4, -0.2) is 6.15 Å². The van der Waals surface area contributed by atoms with Gasteiger partial charge in [-0.05, 0) is 49.7 Å². The van der Waals surface area contributed by atoms with Gasteiger partial charge in [0.1, 0.15) is 6.15 Å². The number of aryl methyl sites for hydroxylation is 1. The maximum Gasteiger partial charge on any atom is 0.416 e. The molecule has 6 aromatic rings. The van der Waals surface area contributed by atoms with Crippen LogP contribution in [0.15, 0.2) is 122 Å². The third-order valence-corrected chi connectivity index (χ3v) is 10.9. The lowest BCUT2D eigenvalue weighted by atomic mass is 9.12. The Labute approximate surface area is 389 Å². The Balaban J connectivity index is 0.000000542. The van der Waals surface area contributed by atoms with Crippen LogP contribution in [0.25, 0.3) is 0 Å². The van der Waals surface area contributed by atoms with Crippen LogP contribution in [-0.2, 0) is 49.4 Å². The zero-order valence-electron chi connectivity index (χ0n) is 35.6. The molecule has 5 aromatic carbocycles. The molecule has 27 heteroatoms. The molecule has 0 atom stereocenters. The van der Waals surface area contributed by atoms with Gasteiger partial charge in [0.25, 0.3) is 0 Å². The lowest BCUT2D eigenvalue weighted by Gasteiger charge is -2.46. The van der Waals surface area contributed by atoms with Crippen molar-refractivity contribution in [1.29, 1.82) is 0 Å². The van der Waals surface area contributed by atoms with E-state index in [2.05, 4.69) is 19.9 Å². The molecule has 0 spiro atoms. The number of pyridine rings is 1. The van der Waals surface area contributed by atoms with Crippen molar-refractivity contribution in [2.75, 3.05) is 0 Å². The first kappa shape index (κ1) is 56.4. The predicted octanol–water partition coefficient (Wildman–Crippen LogP) is 13.6. The van der Waals surface area contributed by atoms with Crippen molar-refractivity contribution in [1.82, 2.24) is 0 Å². The summed E-state index contributed by atoms with van der Waals surface area (Å²) >= 11 is 0. The summed E-state index contributed by atoms with van der Waals surface area (Å²) in [4.78, 5) is 5.71. The summed E-state index contributed by atoms with van der Waals surface area (Å²) in [5.41, 5.74) is -27.8. The molecule has 6 rings (SSSR count). The van der Waals surface area contributed by atoms with E-state index in [9.17, 15) is 105 Å². The monoisotopic (exact) mass is 1060 g/mol.